The minimum Gasteiger partial charge on any atom is -0.489 e. The summed E-state index contributed by atoms with van der Waals surface area (Å²) in [6.07, 6.45) is 5.20. The van der Waals surface area contributed by atoms with Crippen LogP contribution in [0.3, 0.4) is 0 Å². The van der Waals surface area contributed by atoms with Crippen LogP contribution in [0.4, 0.5) is 4.79 Å². The summed E-state index contributed by atoms with van der Waals surface area (Å²) in [5, 5.41) is 4.93. The third kappa shape index (κ3) is 6.32. The second kappa shape index (κ2) is 11.1. The fourth-order valence-electron chi connectivity index (χ4n) is 5.40. The molecule has 1 amide bonds. The molecule has 0 radical (unpaired) electrons. The van der Waals surface area contributed by atoms with Crippen molar-refractivity contribution in [3.63, 3.8) is 0 Å². The van der Waals surface area contributed by atoms with Crippen molar-refractivity contribution in [1.29, 1.82) is 0 Å². The summed E-state index contributed by atoms with van der Waals surface area (Å²) >= 11 is 10.1. The molecular weight excluding hydrogens is 556 g/mol. The van der Waals surface area contributed by atoms with E-state index in [0.717, 1.165) is 42.0 Å². The van der Waals surface area contributed by atoms with E-state index in [0.29, 0.717) is 16.2 Å². The Kier molecular flexibility index (Phi) is 8.24. The molecule has 1 heterocycles. The first-order chi connectivity index (χ1) is 17.5. The molecule has 1 saturated carbocycles. The number of carbonyl (C=O) groups excluding carboxylic acids is 1. The number of hydrogen-bond donors (Lipinski definition) is 2. The first kappa shape index (κ1) is 27.5. The zero-order valence-electron chi connectivity index (χ0n) is 21.7. The molecule has 1 aliphatic carbocycles. The first-order valence-corrected chi connectivity index (χ1v) is 13.9. The number of halogens is 2. The lowest BCUT2D eigenvalue weighted by Gasteiger charge is -2.46. The number of nitrogens with one attached hydrogen (secondary N) is 2. The van der Waals surface area contributed by atoms with Gasteiger partial charge in [0.2, 0.25) is 0 Å². The molecule has 0 aliphatic heterocycles. The zero-order valence-corrected chi connectivity index (χ0v) is 24.0. The first-order valence-electron chi connectivity index (χ1n) is 12.7. The van der Waals surface area contributed by atoms with Crippen LogP contribution in [0.25, 0.3) is 10.8 Å². The van der Waals surface area contributed by atoms with Crippen LogP contribution in [0, 0.1) is 0 Å². The number of amides is 1. The molecule has 0 bridgehead atoms. The molecule has 8 heteroatoms. The summed E-state index contributed by atoms with van der Waals surface area (Å²) in [6.45, 7) is 7.71. The Morgan fingerprint density at radius 3 is 2.59 bits per heavy atom. The molecule has 6 nitrogen and oxygen atoms in total. The molecule has 0 saturated heterocycles. The molecule has 0 unspecified atom stereocenters. The van der Waals surface area contributed by atoms with Crippen molar-refractivity contribution in [1.82, 2.24) is 10.3 Å². The van der Waals surface area contributed by atoms with Crippen LogP contribution in [-0.2, 0) is 10.2 Å². The van der Waals surface area contributed by atoms with Crippen LogP contribution in [0.1, 0.15) is 65.4 Å². The Labute approximate surface area is 231 Å². The molecule has 4 rings (SSSR count). The van der Waals surface area contributed by atoms with Gasteiger partial charge in [-0.15, -0.1) is 0 Å². The normalized spacial score (nSPS) is 20.9. The van der Waals surface area contributed by atoms with Crippen LogP contribution in [0.15, 0.2) is 57.9 Å². The molecule has 1 aliphatic rings. The van der Waals surface area contributed by atoms with Gasteiger partial charge < -0.3 is 19.8 Å². The molecule has 2 aromatic carbocycles. The SMILES string of the molecule is CC[C@@H](NC(=O)OC(C)(C)C)[C@]1(c2cccc(Br)c2)CC[C@H](Oc2cc3cc[nH]c(=O)c3cc2Cl)CC1. The number of H-pyrrole nitrogens is 1. The molecule has 198 valence electrons. The Balaban J connectivity index is 1.57. The maximum Gasteiger partial charge on any atom is 0.407 e. The third-order valence-corrected chi connectivity index (χ3v) is 7.90. The van der Waals surface area contributed by atoms with Crippen molar-refractivity contribution in [3.8, 4) is 5.75 Å². The van der Waals surface area contributed by atoms with E-state index in [-0.39, 0.29) is 23.1 Å². The molecule has 37 heavy (non-hydrogen) atoms. The highest BCUT2D eigenvalue weighted by atomic mass is 79.9. The van der Waals surface area contributed by atoms with Crippen molar-refractivity contribution in [2.45, 2.75) is 83.0 Å². The van der Waals surface area contributed by atoms with E-state index in [1.54, 1.807) is 12.3 Å². The number of carbonyl (C=O) groups is 1. The van der Waals surface area contributed by atoms with Crippen LogP contribution in [0.2, 0.25) is 5.02 Å². The number of benzene rings is 2. The number of alkyl carbamates (subject to hydrolysis) is 1. The Morgan fingerprint density at radius 2 is 1.95 bits per heavy atom. The van der Waals surface area contributed by atoms with Gasteiger partial charge in [0.1, 0.15) is 11.4 Å². The highest BCUT2D eigenvalue weighted by Gasteiger charge is 2.44. The summed E-state index contributed by atoms with van der Waals surface area (Å²) < 4.78 is 13.0. The lowest BCUT2D eigenvalue weighted by Crippen LogP contribution is -2.53. The Bertz CT molecular complexity index is 1330. The quantitative estimate of drug-likeness (QED) is 0.312. The van der Waals surface area contributed by atoms with Gasteiger partial charge in [0, 0.05) is 27.5 Å². The maximum atomic E-state index is 12.8. The topological polar surface area (TPSA) is 80.4 Å². The molecule has 3 aromatic rings. The van der Waals surface area contributed by atoms with Crippen molar-refractivity contribution < 1.29 is 14.3 Å². The highest BCUT2D eigenvalue weighted by molar-refractivity contribution is 9.10. The molecule has 1 atom stereocenters. The lowest BCUT2D eigenvalue weighted by molar-refractivity contribution is 0.0423. The van der Waals surface area contributed by atoms with Gasteiger partial charge in [0.25, 0.3) is 5.56 Å². The van der Waals surface area contributed by atoms with E-state index < -0.39 is 11.7 Å². The van der Waals surface area contributed by atoms with Crippen molar-refractivity contribution >= 4 is 44.4 Å². The number of ether oxygens (including phenoxy) is 2. The monoisotopic (exact) mass is 588 g/mol. The summed E-state index contributed by atoms with van der Waals surface area (Å²) in [5.74, 6) is 0.582. The van der Waals surface area contributed by atoms with Gasteiger partial charge in [-0.05, 0) is 94.2 Å². The van der Waals surface area contributed by atoms with Gasteiger partial charge in [-0.1, -0.05) is 46.6 Å². The van der Waals surface area contributed by atoms with Gasteiger partial charge >= 0.3 is 6.09 Å². The van der Waals surface area contributed by atoms with E-state index >= 15 is 0 Å². The largest absolute Gasteiger partial charge is 0.489 e. The molecule has 0 spiro atoms. The predicted octanol–water partition coefficient (Wildman–Crippen LogP) is 7.51. The van der Waals surface area contributed by atoms with Crippen LogP contribution >= 0.6 is 27.5 Å². The van der Waals surface area contributed by atoms with Crippen molar-refractivity contribution in [2.75, 3.05) is 0 Å². The van der Waals surface area contributed by atoms with Gasteiger partial charge in [-0.3, -0.25) is 4.79 Å². The number of fused-ring (bicyclic) bond motifs is 1. The van der Waals surface area contributed by atoms with Gasteiger partial charge in [0.05, 0.1) is 11.1 Å². The van der Waals surface area contributed by atoms with E-state index in [1.165, 1.54) is 5.56 Å². The van der Waals surface area contributed by atoms with Gasteiger partial charge in [-0.2, -0.15) is 0 Å². The summed E-state index contributed by atoms with van der Waals surface area (Å²) in [5.41, 5.74) is 0.174. The van der Waals surface area contributed by atoms with E-state index in [9.17, 15) is 9.59 Å². The fraction of sp³-hybridized carbons (Fsp3) is 0.448. The Morgan fingerprint density at radius 1 is 1.22 bits per heavy atom. The standard InChI is InChI=1S/C29H34BrClN2O4/c1-5-25(33-27(35)37-28(2,3)4)29(19-7-6-8-20(30)16-19)12-9-21(10-13-29)36-24-15-18-11-14-32-26(34)22(18)17-23(24)31/h6-8,11,14-17,21,25H,5,9-10,12-13H2,1-4H3,(H,32,34)(H,33,35)/t21-,25-,29+/m1/s1. The minimum atomic E-state index is -0.569. The van der Waals surface area contributed by atoms with Crippen LogP contribution in [0.5, 0.6) is 5.75 Å². The summed E-state index contributed by atoms with van der Waals surface area (Å²) in [7, 11) is 0. The van der Waals surface area contributed by atoms with Gasteiger partial charge in [-0.25, -0.2) is 4.79 Å². The number of hydrogen-bond acceptors (Lipinski definition) is 4. The number of aromatic amines is 1. The average molecular weight is 590 g/mol. The van der Waals surface area contributed by atoms with Gasteiger partial charge in [0.15, 0.2) is 0 Å². The predicted molar refractivity (Wildman–Crippen MR) is 152 cm³/mol. The van der Waals surface area contributed by atoms with E-state index in [2.05, 4.69) is 45.3 Å². The highest BCUT2D eigenvalue weighted by Crippen LogP contribution is 2.45. The third-order valence-electron chi connectivity index (χ3n) is 7.11. The van der Waals surface area contributed by atoms with Crippen LogP contribution in [-0.4, -0.2) is 28.8 Å². The zero-order chi connectivity index (χ0) is 26.8. The fourth-order valence-corrected chi connectivity index (χ4v) is 6.01. The smallest absolute Gasteiger partial charge is 0.407 e. The molecule has 1 fully saturated rings. The number of pyridine rings is 1. The lowest BCUT2D eigenvalue weighted by atomic mass is 9.63. The number of aromatic nitrogens is 1. The number of rotatable bonds is 6. The average Bonchev–Trinajstić information content (AvgIpc) is 2.83. The summed E-state index contributed by atoms with van der Waals surface area (Å²) in [6, 6.07) is 13.6. The molecular formula is C29H34BrClN2O4. The minimum absolute atomic E-state index is 0.0312. The van der Waals surface area contributed by atoms with E-state index in [4.69, 9.17) is 21.1 Å². The van der Waals surface area contributed by atoms with Crippen LogP contribution < -0.4 is 15.6 Å². The second-order valence-electron chi connectivity index (χ2n) is 10.8. The maximum absolute atomic E-state index is 12.8. The second-order valence-corrected chi connectivity index (χ2v) is 12.1. The van der Waals surface area contributed by atoms with E-state index in [1.807, 2.05) is 45.0 Å². The molecule has 1 aromatic heterocycles. The van der Waals surface area contributed by atoms with Crippen molar-refractivity contribution in [2.24, 2.45) is 0 Å². The molecule has 2 N–H and O–H groups in total. The Hall–Kier alpha value is -2.51. The van der Waals surface area contributed by atoms with Crippen molar-refractivity contribution in [3.05, 3.63) is 74.1 Å². The summed E-state index contributed by atoms with van der Waals surface area (Å²) in [4.78, 5) is 27.6.